The fourth-order valence-electron chi connectivity index (χ4n) is 1.39. The predicted molar refractivity (Wildman–Crippen MR) is 70.0 cm³/mol. The SMILES string of the molecule is CCCC(CNC(=O)[C@H](N)CCSC)C(=O)O. The standard InChI is InChI=1S/C11H22N2O3S/c1-3-4-8(11(15)16)7-13-10(14)9(12)5-6-17-2/h8-9H,3-7,12H2,1-2H3,(H,13,14)(H,15,16)/t8?,9-/m1/s1. The Kier molecular flexibility index (Phi) is 8.89. The molecule has 0 spiro atoms. The van der Waals surface area contributed by atoms with E-state index in [0.29, 0.717) is 12.8 Å². The molecule has 100 valence electrons. The average molecular weight is 262 g/mol. The van der Waals surface area contributed by atoms with Crippen molar-refractivity contribution in [3.05, 3.63) is 0 Å². The molecular weight excluding hydrogens is 240 g/mol. The van der Waals surface area contributed by atoms with Crippen molar-refractivity contribution in [1.82, 2.24) is 5.32 Å². The minimum absolute atomic E-state index is 0.162. The lowest BCUT2D eigenvalue weighted by Crippen LogP contribution is -2.43. The number of nitrogens with one attached hydrogen (secondary N) is 1. The van der Waals surface area contributed by atoms with Crippen molar-refractivity contribution < 1.29 is 14.7 Å². The Morgan fingerprint density at radius 3 is 2.53 bits per heavy atom. The summed E-state index contributed by atoms with van der Waals surface area (Å²) in [6.45, 7) is 2.08. The van der Waals surface area contributed by atoms with Gasteiger partial charge in [-0.1, -0.05) is 13.3 Å². The number of carboxylic acid groups (broad SMARTS) is 1. The Morgan fingerprint density at radius 2 is 2.06 bits per heavy atom. The number of hydrogen-bond donors (Lipinski definition) is 3. The van der Waals surface area contributed by atoms with Gasteiger partial charge in [0.2, 0.25) is 5.91 Å². The van der Waals surface area contributed by atoms with Crippen LogP contribution in [-0.2, 0) is 9.59 Å². The van der Waals surface area contributed by atoms with Gasteiger partial charge in [-0.3, -0.25) is 9.59 Å². The second kappa shape index (κ2) is 9.30. The molecule has 0 aliphatic heterocycles. The number of rotatable bonds is 9. The number of carbonyl (C=O) groups excluding carboxylic acids is 1. The largest absolute Gasteiger partial charge is 0.481 e. The highest BCUT2D eigenvalue weighted by Gasteiger charge is 2.19. The maximum absolute atomic E-state index is 11.5. The lowest BCUT2D eigenvalue weighted by atomic mass is 10.0. The van der Waals surface area contributed by atoms with Crippen molar-refractivity contribution in [2.75, 3.05) is 18.6 Å². The van der Waals surface area contributed by atoms with Gasteiger partial charge in [-0.05, 0) is 24.9 Å². The van der Waals surface area contributed by atoms with Gasteiger partial charge >= 0.3 is 5.97 Å². The average Bonchev–Trinajstić information content (AvgIpc) is 2.30. The first-order chi connectivity index (χ1) is 8.02. The molecule has 0 bridgehead atoms. The van der Waals surface area contributed by atoms with Gasteiger partial charge in [0, 0.05) is 6.54 Å². The van der Waals surface area contributed by atoms with E-state index < -0.39 is 17.9 Å². The van der Waals surface area contributed by atoms with Crippen LogP contribution in [0.25, 0.3) is 0 Å². The summed E-state index contributed by atoms with van der Waals surface area (Å²) in [4.78, 5) is 22.4. The quantitative estimate of drug-likeness (QED) is 0.568. The molecule has 0 aliphatic rings. The summed E-state index contributed by atoms with van der Waals surface area (Å²) >= 11 is 1.63. The first kappa shape index (κ1) is 16.2. The zero-order chi connectivity index (χ0) is 13.3. The molecule has 1 unspecified atom stereocenters. The zero-order valence-corrected chi connectivity index (χ0v) is 11.3. The summed E-state index contributed by atoms with van der Waals surface area (Å²) in [5, 5.41) is 11.5. The summed E-state index contributed by atoms with van der Waals surface area (Å²) in [5.41, 5.74) is 5.67. The predicted octanol–water partition coefficient (Wildman–Crippen LogP) is 0.684. The van der Waals surface area contributed by atoms with Crippen LogP contribution in [0.15, 0.2) is 0 Å². The molecule has 0 heterocycles. The minimum Gasteiger partial charge on any atom is -0.481 e. The molecule has 0 aromatic rings. The van der Waals surface area contributed by atoms with Crippen molar-refractivity contribution >= 4 is 23.6 Å². The van der Waals surface area contributed by atoms with E-state index >= 15 is 0 Å². The lowest BCUT2D eigenvalue weighted by molar-refractivity contribution is -0.142. The number of amides is 1. The minimum atomic E-state index is -0.871. The first-order valence-electron chi connectivity index (χ1n) is 5.77. The summed E-state index contributed by atoms with van der Waals surface area (Å²) in [7, 11) is 0. The second-order valence-corrected chi connectivity index (χ2v) is 4.94. The van der Waals surface area contributed by atoms with Crippen LogP contribution in [0.4, 0.5) is 0 Å². The van der Waals surface area contributed by atoms with Gasteiger partial charge < -0.3 is 16.2 Å². The monoisotopic (exact) mass is 262 g/mol. The van der Waals surface area contributed by atoms with Crippen LogP contribution in [0.3, 0.4) is 0 Å². The van der Waals surface area contributed by atoms with Gasteiger partial charge in [0.05, 0.1) is 12.0 Å². The smallest absolute Gasteiger partial charge is 0.308 e. The van der Waals surface area contributed by atoms with Crippen LogP contribution >= 0.6 is 11.8 Å². The molecule has 0 radical (unpaired) electrons. The lowest BCUT2D eigenvalue weighted by Gasteiger charge is -2.15. The van der Waals surface area contributed by atoms with Crippen LogP contribution < -0.4 is 11.1 Å². The molecule has 0 saturated heterocycles. The molecule has 0 rings (SSSR count). The van der Waals surface area contributed by atoms with E-state index in [4.69, 9.17) is 10.8 Å². The third-order valence-corrected chi connectivity index (χ3v) is 3.12. The highest BCUT2D eigenvalue weighted by molar-refractivity contribution is 7.98. The van der Waals surface area contributed by atoms with Crippen LogP contribution in [0.2, 0.25) is 0 Å². The Hall–Kier alpha value is -0.750. The van der Waals surface area contributed by atoms with Gasteiger partial charge in [0.15, 0.2) is 0 Å². The third-order valence-electron chi connectivity index (χ3n) is 2.48. The molecule has 4 N–H and O–H groups in total. The van der Waals surface area contributed by atoms with E-state index in [2.05, 4.69) is 5.32 Å². The van der Waals surface area contributed by atoms with Crippen molar-refractivity contribution in [3.8, 4) is 0 Å². The summed E-state index contributed by atoms with van der Waals surface area (Å²) in [6, 6.07) is -0.543. The topological polar surface area (TPSA) is 92.4 Å². The van der Waals surface area contributed by atoms with Crippen LogP contribution in [0.5, 0.6) is 0 Å². The fraction of sp³-hybridized carbons (Fsp3) is 0.818. The molecule has 0 saturated carbocycles. The van der Waals surface area contributed by atoms with Gasteiger partial charge in [0.1, 0.15) is 0 Å². The Balaban J connectivity index is 3.98. The second-order valence-electron chi connectivity index (χ2n) is 3.96. The van der Waals surface area contributed by atoms with Gasteiger partial charge in [-0.15, -0.1) is 0 Å². The third kappa shape index (κ3) is 7.23. The van der Waals surface area contributed by atoms with E-state index in [-0.39, 0.29) is 12.5 Å². The van der Waals surface area contributed by atoms with E-state index in [0.717, 1.165) is 12.2 Å². The van der Waals surface area contributed by atoms with Crippen molar-refractivity contribution in [3.63, 3.8) is 0 Å². The van der Waals surface area contributed by atoms with Crippen molar-refractivity contribution in [2.24, 2.45) is 11.7 Å². The summed E-state index contributed by atoms with van der Waals surface area (Å²) in [5.74, 6) is -0.825. The molecule has 17 heavy (non-hydrogen) atoms. The van der Waals surface area contributed by atoms with Crippen molar-refractivity contribution in [2.45, 2.75) is 32.2 Å². The number of thioether (sulfide) groups is 1. The number of carbonyl (C=O) groups is 2. The molecular formula is C11H22N2O3S. The maximum Gasteiger partial charge on any atom is 0.308 e. The van der Waals surface area contributed by atoms with E-state index in [1.54, 1.807) is 11.8 Å². The Labute approximate surface area is 107 Å². The Morgan fingerprint density at radius 1 is 1.41 bits per heavy atom. The highest BCUT2D eigenvalue weighted by atomic mass is 32.2. The molecule has 0 fully saturated rings. The van der Waals surface area contributed by atoms with Gasteiger partial charge in [0.25, 0.3) is 0 Å². The first-order valence-corrected chi connectivity index (χ1v) is 7.17. The van der Waals surface area contributed by atoms with Crippen LogP contribution in [0, 0.1) is 5.92 Å². The van der Waals surface area contributed by atoms with Crippen molar-refractivity contribution in [1.29, 1.82) is 0 Å². The number of carboxylic acids is 1. The molecule has 1 amide bonds. The number of nitrogens with two attached hydrogens (primary N) is 1. The molecule has 0 aromatic heterocycles. The van der Waals surface area contributed by atoms with E-state index in [1.807, 2.05) is 13.2 Å². The number of aliphatic carboxylic acids is 1. The molecule has 0 aromatic carbocycles. The van der Waals surface area contributed by atoms with Gasteiger partial charge in [-0.2, -0.15) is 11.8 Å². The summed E-state index contributed by atoms with van der Waals surface area (Å²) < 4.78 is 0. The maximum atomic E-state index is 11.5. The molecule has 2 atom stereocenters. The van der Waals surface area contributed by atoms with Gasteiger partial charge in [-0.25, -0.2) is 0 Å². The van der Waals surface area contributed by atoms with E-state index in [1.165, 1.54) is 0 Å². The normalized spacial score (nSPS) is 14.1. The molecule has 5 nitrogen and oxygen atoms in total. The fourth-order valence-corrected chi connectivity index (χ4v) is 1.88. The van der Waals surface area contributed by atoms with Crippen LogP contribution in [-0.4, -0.2) is 41.6 Å². The summed E-state index contributed by atoms with van der Waals surface area (Å²) in [6.07, 6.45) is 3.91. The molecule has 0 aliphatic carbocycles. The number of hydrogen-bond acceptors (Lipinski definition) is 4. The molecule has 6 heteroatoms. The Bertz CT molecular complexity index is 249. The zero-order valence-electron chi connectivity index (χ0n) is 10.4. The van der Waals surface area contributed by atoms with E-state index in [9.17, 15) is 9.59 Å². The van der Waals surface area contributed by atoms with Crippen LogP contribution in [0.1, 0.15) is 26.2 Å². The highest BCUT2D eigenvalue weighted by Crippen LogP contribution is 2.05.